The van der Waals surface area contributed by atoms with E-state index >= 15 is 0 Å². The Bertz CT molecular complexity index is 373. The van der Waals surface area contributed by atoms with Crippen LogP contribution in [0.15, 0.2) is 0 Å². The van der Waals surface area contributed by atoms with Gasteiger partial charge < -0.3 is 5.32 Å². The minimum Gasteiger partial charge on any atom is -0.372 e. The zero-order valence-electron chi connectivity index (χ0n) is 8.37. The zero-order chi connectivity index (χ0) is 10.1. The highest BCUT2D eigenvalue weighted by atomic mass is 32.1. The van der Waals surface area contributed by atoms with Gasteiger partial charge in [-0.3, -0.25) is 0 Å². The molecule has 0 bridgehead atoms. The summed E-state index contributed by atoms with van der Waals surface area (Å²) in [5, 5.41) is 13.2. The smallest absolute Gasteiger partial charge is 0.127 e. The zero-order valence-corrected chi connectivity index (χ0v) is 9.19. The van der Waals surface area contributed by atoms with Gasteiger partial charge in [-0.2, -0.15) is 9.64 Å². The molecule has 1 atom stereocenters. The minimum absolute atomic E-state index is 0.474. The van der Waals surface area contributed by atoms with Gasteiger partial charge in [0.05, 0.1) is 5.69 Å². The molecule has 0 aliphatic heterocycles. The fourth-order valence-corrected chi connectivity index (χ4v) is 2.36. The van der Waals surface area contributed by atoms with E-state index in [2.05, 4.69) is 22.7 Å². The van der Waals surface area contributed by atoms with Crippen molar-refractivity contribution in [3.63, 3.8) is 0 Å². The van der Waals surface area contributed by atoms with E-state index in [0.29, 0.717) is 11.6 Å². The molecule has 1 N–H and O–H groups in total. The Balaban J connectivity index is 2.12. The van der Waals surface area contributed by atoms with Crippen LogP contribution in [0.5, 0.6) is 0 Å². The molecule has 0 saturated heterocycles. The van der Waals surface area contributed by atoms with E-state index in [9.17, 15) is 0 Å². The van der Waals surface area contributed by atoms with Crippen LogP contribution in [0.4, 0.5) is 5.00 Å². The Labute approximate surface area is 87.9 Å². The first-order valence-corrected chi connectivity index (χ1v) is 5.62. The molecular weight excluding hydrogens is 194 g/mol. The first kappa shape index (κ1) is 9.47. The number of nitrogens with one attached hydrogen (secondary N) is 1. The average molecular weight is 207 g/mol. The predicted octanol–water partition coefficient (Wildman–Crippen LogP) is 2.53. The standard InChI is InChI=1S/C10H13N3S/c1-6(8-3-4-8)12-10-9(5-11)7(2)13-14-10/h6,8,12H,3-4H2,1-2H3. The Hall–Kier alpha value is -1.08. The Kier molecular flexibility index (Phi) is 2.42. The molecule has 1 aliphatic carbocycles. The summed E-state index contributed by atoms with van der Waals surface area (Å²) >= 11 is 1.39. The number of rotatable bonds is 3. The molecule has 14 heavy (non-hydrogen) atoms. The van der Waals surface area contributed by atoms with Crippen LogP contribution in [-0.2, 0) is 0 Å². The Morgan fingerprint density at radius 1 is 1.64 bits per heavy atom. The SMILES string of the molecule is Cc1nsc(NC(C)C2CC2)c1C#N. The number of hydrogen-bond acceptors (Lipinski definition) is 4. The van der Waals surface area contributed by atoms with Gasteiger partial charge in [-0.25, -0.2) is 0 Å². The van der Waals surface area contributed by atoms with Crippen molar-refractivity contribution in [1.82, 2.24) is 4.37 Å². The average Bonchev–Trinajstić information content (AvgIpc) is 2.93. The van der Waals surface area contributed by atoms with E-state index in [1.165, 1.54) is 24.4 Å². The van der Waals surface area contributed by atoms with Gasteiger partial charge in [0.25, 0.3) is 0 Å². The molecule has 1 fully saturated rings. The first-order chi connectivity index (χ1) is 6.72. The molecule has 0 spiro atoms. The third-order valence-corrected chi connectivity index (χ3v) is 3.53. The normalized spacial score (nSPS) is 17.5. The maximum Gasteiger partial charge on any atom is 0.127 e. The summed E-state index contributed by atoms with van der Waals surface area (Å²) in [5.74, 6) is 0.795. The van der Waals surface area contributed by atoms with E-state index < -0.39 is 0 Å². The van der Waals surface area contributed by atoms with Crippen molar-refractivity contribution < 1.29 is 0 Å². The fourth-order valence-electron chi connectivity index (χ4n) is 1.52. The van der Waals surface area contributed by atoms with Crippen molar-refractivity contribution in [3.05, 3.63) is 11.3 Å². The summed E-state index contributed by atoms with van der Waals surface area (Å²) in [7, 11) is 0. The topological polar surface area (TPSA) is 48.7 Å². The van der Waals surface area contributed by atoms with Crippen LogP contribution < -0.4 is 5.32 Å². The summed E-state index contributed by atoms with van der Waals surface area (Å²) in [6.45, 7) is 4.05. The highest BCUT2D eigenvalue weighted by Gasteiger charge is 2.28. The molecule has 74 valence electrons. The molecule has 1 saturated carbocycles. The third-order valence-electron chi connectivity index (χ3n) is 2.66. The van der Waals surface area contributed by atoms with Crippen LogP contribution in [0, 0.1) is 24.2 Å². The van der Waals surface area contributed by atoms with Crippen molar-refractivity contribution in [2.24, 2.45) is 5.92 Å². The van der Waals surface area contributed by atoms with Crippen LogP contribution in [0.25, 0.3) is 0 Å². The molecule has 2 rings (SSSR count). The van der Waals surface area contributed by atoms with E-state index in [1.54, 1.807) is 0 Å². The van der Waals surface area contributed by atoms with Crippen LogP contribution in [0.1, 0.15) is 31.0 Å². The summed E-state index contributed by atoms with van der Waals surface area (Å²) in [4.78, 5) is 0. The van der Waals surface area contributed by atoms with Crippen LogP contribution in [0.2, 0.25) is 0 Å². The van der Waals surface area contributed by atoms with Crippen molar-refractivity contribution in [1.29, 1.82) is 5.26 Å². The number of aryl methyl sites for hydroxylation is 1. The predicted molar refractivity (Wildman–Crippen MR) is 57.4 cm³/mol. The lowest BCUT2D eigenvalue weighted by Crippen LogP contribution is -2.16. The molecule has 3 nitrogen and oxygen atoms in total. The maximum absolute atomic E-state index is 8.93. The van der Waals surface area contributed by atoms with Crippen molar-refractivity contribution >= 4 is 16.5 Å². The van der Waals surface area contributed by atoms with Gasteiger partial charge in [0, 0.05) is 6.04 Å². The number of anilines is 1. The molecule has 4 heteroatoms. The van der Waals surface area contributed by atoms with Gasteiger partial charge in [0.1, 0.15) is 16.6 Å². The summed E-state index contributed by atoms with van der Waals surface area (Å²) in [6, 6.07) is 2.67. The van der Waals surface area contributed by atoms with E-state index in [0.717, 1.165) is 16.6 Å². The maximum atomic E-state index is 8.93. The van der Waals surface area contributed by atoms with Crippen molar-refractivity contribution in [3.8, 4) is 6.07 Å². The largest absolute Gasteiger partial charge is 0.372 e. The third kappa shape index (κ3) is 1.73. The molecule has 1 unspecified atom stereocenters. The lowest BCUT2D eigenvalue weighted by molar-refractivity contribution is 0.696. The molecule has 1 heterocycles. The number of nitriles is 1. The van der Waals surface area contributed by atoms with E-state index in [-0.39, 0.29) is 0 Å². The van der Waals surface area contributed by atoms with Gasteiger partial charge in [-0.15, -0.1) is 0 Å². The van der Waals surface area contributed by atoms with Crippen molar-refractivity contribution in [2.75, 3.05) is 5.32 Å². The number of nitrogens with zero attached hydrogens (tertiary/aromatic N) is 2. The molecule has 1 aromatic heterocycles. The number of hydrogen-bond donors (Lipinski definition) is 1. The van der Waals surface area contributed by atoms with Crippen LogP contribution in [-0.4, -0.2) is 10.4 Å². The van der Waals surface area contributed by atoms with Gasteiger partial charge in [-0.1, -0.05) is 0 Å². The summed E-state index contributed by atoms with van der Waals surface area (Å²) in [5.41, 5.74) is 1.55. The molecular formula is C10H13N3S. The van der Waals surface area contributed by atoms with E-state index in [4.69, 9.17) is 5.26 Å². The fraction of sp³-hybridized carbons (Fsp3) is 0.600. The van der Waals surface area contributed by atoms with Gasteiger partial charge >= 0.3 is 0 Å². The van der Waals surface area contributed by atoms with E-state index in [1.807, 2.05) is 6.92 Å². The number of aromatic nitrogens is 1. The van der Waals surface area contributed by atoms with Crippen molar-refractivity contribution in [2.45, 2.75) is 32.7 Å². The molecule has 1 aliphatic rings. The summed E-state index contributed by atoms with van der Waals surface area (Å²) in [6.07, 6.45) is 2.63. The van der Waals surface area contributed by atoms with Gasteiger partial charge in [-0.05, 0) is 44.1 Å². The second-order valence-corrected chi connectivity index (χ2v) is 4.63. The molecule has 0 aromatic carbocycles. The minimum atomic E-state index is 0.474. The highest BCUT2D eigenvalue weighted by Crippen LogP contribution is 2.35. The monoisotopic (exact) mass is 207 g/mol. The second kappa shape index (κ2) is 3.58. The Morgan fingerprint density at radius 2 is 2.36 bits per heavy atom. The lowest BCUT2D eigenvalue weighted by Gasteiger charge is -2.11. The van der Waals surface area contributed by atoms with Gasteiger partial charge in [0.15, 0.2) is 0 Å². The highest BCUT2D eigenvalue weighted by molar-refractivity contribution is 7.10. The lowest BCUT2D eigenvalue weighted by atomic mass is 10.2. The second-order valence-electron chi connectivity index (χ2n) is 3.85. The molecule has 0 radical (unpaired) electrons. The molecule has 0 amide bonds. The molecule has 1 aromatic rings. The quantitative estimate of drug-likeness (QED) is 0.828. The first-order valence-electron chi connectivity index (χ1n) is 4.85. The van der Waals surface area contributed by atoms with Gasteiger partial charge in [0.2, 0.25) is 0 Å². The van der Waals surface area contributed by atoms with Crippen LogP contribution >= 0.6 is 11.5 Å². The Morgan fingerprint density at radius 3 is 2.93 bits per heavy atom. The summed E-state index contributed by atoms with van der Waals surface area (Å²) < 4.78 is 4.18. The van der Waals surface area contributed by atoms with Crippen LogP contribution in [0.3, 0.4) is 0 Å².